The summed E-state index contributed by atoms with van der Waals surface area (Å²) in [5.41, 5.74) is 0.822. The zero-order chi connectivity index (χ0) is 10.4. The van der Waals surface area contributed by atoms with Crippen LogP contribution in [-0.4, -0.2) is 16.3 Å². The van der Waals surface area contributed by atoms with E-state index in [4.69, 9.17) is 0 Å². The molecule has 0 saturated heterocycles. The van der Waals surface area contributed by atoms with E-state index in [9.17, 15) is 10.2 Å². The molecule has 0 aliphatic carbocycles. The Morgan fingerprint density at radius 1 is 1.12 bits per heavy atom. The fraction of sp³-hybridized carbons (Fsp3) is 0.357. The Bertz CT molecular complexity index is 252. The summed E-state index contributed by atoms with van der Waals surface area (Å²) in [6, 6.07) is 9.34. The van der Waals surface area contributed by atoms with Crippen molar-refractivity contribution in [1.29, 1.82) is 0 Å². The van der Waals surface area contributed by atoms with E-state index in [2.05, 4.69) is 0 Å². The molecule has 0 aliphatic rings. The molecule has 0 spiro atoms. The molecule has 0 saturated carbocycles. The minimum Gasteiger partial charge on any atom is -0.393 e. The first-order valence-corrected chi connectivity index (χ1v) is 5.00. The standard InChI is InChI=1S/C12H17O2.2CH3.Eu/c1-2-6-11(13)9-12(14)10-7-4-3-5-8-10;;;/h3-5,7-9,11-14H,2,6H2,1H3;2*1H3;/q;2*-1;+2. The molecule has 17 heavy (non-hydrogen) atoms. The van der Waals surface area contributed by atoms with Crippen molar-refractivity contribution in [1.82, 2.24) is 0 Å². The van der Waals surface area contributed by atoms with Crippen molar-refractivity contribution in [3.05, 3.63) is 57.2 Å². The van der Waals surface area contributed by atoms with Crippen molar-refractivity contribution < 1.29 is 59.6 Å². The van der Waals surface area contributed by atoms with Gasteiger partial charge in [-0.25, -0.2) is 0 Å². The minimum absolute atomic E-state index is 0. The quantitative estimate of drug-likeness (QED) is 0.777. The number of hydrogen-bond donors (Lipinski definition) is 2. The number of aliphatic hydroxyl groups is 2. The second-order valence-electron chi connectivity index (χ2n) is 3.40. The summed E-state index contributed by atoms with van der Waals surface area (Å²) < 4.78 is 0. The van der Waals surface area contributed by atoms with Crippen molar-refractivity contribution in [3.63, 3.8) is 0 Å². The Morgan fingerprint density at radius 2 is 1.65 bits per heavy atom. The largest absolute Gasteiger partial charge is 2.00 e. The Kier molecular flexibility index (Phi) is 17.7. The van der Waals surface area contributed by atoms with Gasteiger partial charge in [-0.2, -0.15) is 0 Å². The normalized spacial score (nSPS) is 12.4. The van der Waals surface area contributed by atoms with Crippen LogP contribution in [0.5, 0.6) is 0 Å². The SMILES string of the molecule is CCCC(O)[CH]C(O)c1ccccc1.[CH3-].[CH3-].[Eu+2]. The average molecular weight is 375 g/mol. The molecule has 0 amide bonds. The number of rotatable bonds is 5. The van der Waals surface area contributed by atoms with Gasteiger partial charge in [0, 0.05) is 6.42 Å². The summed E-state index contributed by atoms with van der Waals surface area (Å²) in [6.07, 6.45) is 2.00. The number of benzene rings is 1. The Labute approximate surface area is 147 Å². The Hall–Kier alpha value is 0.724. The van der Waals surface area contributed by atoms with E-state index >= 15 is 0 Å². The number of aliphatic hydroxyl groups excluding tert-OH is 2. The first kappa shape index (κ1) is 22.9. The van der Waals surface area contributed by atoms with E-state index in [1.165, 1.54) is 0 Å². The van der Waals surface area contributed by atoms with Crippen LogP contribution in [0.3, 0.4) is 0 Å². The van der Waals surface area contributed by atoms with Gasteiger partial charge in [0.2, 0.25) is 0 Å². The van der Waals surface area contributed by atoms with Gasteiger partial charge >= 0.3 is 49.4 Å². The molecule has 2 nitrogen and oxygen atoms in total. The van der Waals surface area contributed by atoms with E-state index in [0.717, 1.165) is 12.0 Å². The van der Waals surface area contributed by atoms with E-state index in [1.54, 1.807) is 6.42 Å². The first-order chi connectivity index (χ1) is 6.74. The molecule has 2 N–H and O–H groups in total. The van der Waals surface area contributed by atoms with Crippen LogP contribution in [0.2, 0.25) is 0 Å². The van der Waals surface area contributed by atoms with Crippen LogP contribution in [-0.2, 0) is 0 Å². The zero-order valence-electron chi connectivity index (χ0n) is 10.8. The van der Waals surface area contributed by atoms with Crippen LogP contribution in [0.1, 0.15) is 31.4 Å². The fourth-order valence-corrected chi connectivity index (χ4v) is 1.36. The van der Waals surface area contributed by atoms with E-state index in [1.807, 2.05) is 37.3 Å². The molecule has 0 aliphatic heterocycles. The molecule has 0 aromatic heterocycles. The monoisotopic (exact) mass is 376 g/mol. The van der Waals surface area contributed by atoms with E-state index < -0.39 is 12.2 Å². The fourth-order valence-electron chi connectivity index (χ4n) is 1.36. The molecule has 1 rings (SSSR count). The summed E-state index contributed by atoms with van der Waals surface area (Å²) in [5.74, 6) is 0. The van der Waals surface area contributed by atoms with E-state index in [0.29, 0.717) is 6.42 Å². The van der Waals surface area contributed by atoms with Gasteiger partial charge in [-0.3, -0.25) is 0 Å². The smallest absolute Gasteiger partial charge is 0.393 e. The predicted molar refractivity (Wildman–Crippen MR) is 69.4 cm³/mol. The van der Waals surface area contributed by atoms with Crippen LogP contribution >= 0.6 is 0 Å². The van der Waals surface area contributed by atoms with Gasteiger partial charge in [0.1, 0.15) is 0 Å². The van der Waals surface area contributed by atoms with Crippen molar-refractivity contribution >= 4 is 0 Å². The van der Waals surface area contributed by atoms with Gasteiger partial charge < -0.3 is 25.1 Å². The second kappa shape index (κ2) is 13.2. The molecule has 3 heteroatoms. The first-order valence-electron chi connectivity index (χ1n) is 5.00. The topological polar surface area (TPSA) is 40.5 Å². The van der Waals surface area contributed by atoms with Crippen LogP contribution in [0.25, 0.3) is 0 Å². The second-order valence-corrected chi connectivity index (χ2v) is 3.40. The summed E-state index contributed by atoms with van der Waals surface area (Å²) in [7, 11) is 0. The van der Waals surface area contributed by atoms with Crippen molar-refractivity contribution in [2.45, 2.75) is 32.0 Å². The average Bonchev–Trinajstić information content (AvgIpc) is 2.19. The molecule has 1 aromatic rings. The van der Waals surface area contributed by atoms with Gasteiger partial charge in [-0.15, -0.1) is 0 Å². The van der Waals surface area contributed by atoms with Gasteiger partial charge in [-0.05, 0) is 12.0 Å². The predicted octanol–water partition coefficient (Wildman–Crippen LogP) is 2.99. The van der Waals surface area contributed by atoms with Crippen LogP contribution < -0.4 is 0 Å². The molecule has 98 valence electrons. The summed E-state index contributed by atoms with van der Waals surface area (Å²) >= 11 is 0. The summed E-state index contributed by atoms with van der Waals surface area (Å²) in [4.78, 5) is 0. The van der Waals surface area contributed by atoms with E-state index in [-0.39, 0.29) is 64.2 Å². The molecule has 0 fully saturated rings. The third-order valence-electron chi connectivity index (χ3n) is 2.13. The van der Waals surface area contributed by atoms with Crippen LogP contribution in [0.4, 0.5) is 0 Å². The van der Waals surface area contributed by atoms with Crippen LogP contribution in [0.15, 0.2) is 30.3 Å². The third-order valence-corrected chi connectivity index (χ3v) is 2.13. The molecule has 2 unspecified atom stereocenters. The van der Waals surface area contributed by atoms with Gasteiger partial charge in [-0.1, -0.05) is 43.7 Å². The molecular weight excluding hydrogens is 352 g/mol. The molecule has 2 radical (unpaired) electrons. The maximum Gasteiger partial charge on any atom is 2.00 e. The van der Waals surface area contributed by atoms with Crippen molar-refractivity contribution in [2.24, 2.45) is 0 Å². The van der Waals surface area contributed by atoms with Gasteiger partial charge in [0.05, 0.1) is 12.2 Å². The third kappa shape index (κ3) is 9.32. The summed E-state index contributed by atoms with van der Waals surface area (Å²) in [5, 5.41) is 19.2. The van der Waals surface area contributed by atoms with Crippen molar-refractivity contribution in [2.75, 3.05) is 0 Å². The Balaban J connectivity index is -0.000000653. The zero-order valence-corrected chi connectivity index (χ0v) is 13.2. The van der Waals surface area contributed by atoms with Gasteiger partial charge in [0.15, 0.2) is 0 Å². The minimum atomic E-state index is -0.669. The maximum atomic E-state index is 9.70. The molecule has 0 bridgehead atoms. The van der Waals surface area contributed by atoms with Gasteiger partial charge in [0.25, 0.3) is 0 Å². The molecule has 1 aromatic carbocycles. The molecule has 2 atom stereocenters. The Morgan fingerprint density at radius 3 is 2.12 bits per heavy atom. The molecule has 0 heterocycles. The van der Waals surface area contributed by atoms with Crippen LogP contribution in [0, 0.1) is 70.7 Å². The maximum absolute atomic E-state index is 9.70. The summed E-state index contributed by atoms with van der Waals surface area (Å²) in [6.45, 7) is 2.01. The number of hydrogen-bond acceptors (Lipinski definition) is 2. The molecular formula is C14H23EuO2. The van der Waals surface area contributed by atoms with Crippen molar-refractivity contribution in [3.8, 4) is 0 Å².